The molecule has 1 fully saturated rings. The van der Waals surface area contributed by atoms with E-state index in [1.165, 1.54) is 6.07 Å². The van der Waals surface area contributed by atoms with E-state index < -0.39 is 11.7 Å². The molecule has 0 aliphatic heterocycles. The van der Waals surface area contributed by atoms with Gasteiger partial charge in [0.25, 0.3) is 0 Å². The number of halogens is 1. The Labute approximate surface area is 131 Å². The van der Waals surface area contributed by atoms with E-state index in [-0.39, 0.29) is 11.2 Å². The second-order valence-corrected chi connectivity index (χ2v) is 7.01. The molecule has 0 spiro atoms. The van der Waals surface area contributed by atoms with Crippen molar-refractivity contribution in [2.75, 3.05) is 11.9 Å². The monoisotopic (exact) mass is 308 g/mol. The van der Waals surface area contributed by atoms with Gasteiger partial charge in [0.1, 0.15) is 11.4 Å². The third kappa shape index (κ3) is 3.77. The number of amides is 1. The van der Waals surface area contributed by atoms with Gasteiger partial charge < -0.3 is 10.5 Å². The number of hydrogen-bond acceptors (Lipinski definition) is 3. The summed E-state index contributed by atoms with van der Waals surface area (Å²) in [5.74, 6) is -0.262. The molecule has 0 atom stereocenters. The first-order chi connectivity index (χ1) is 10.3. The number of benzene rings is 1. The number of rotatable bonds is 3. The number of ether oxygens (including phenoxy) is 1. The van der Waals surface area contributed by atoms with Crippen LogP contribution < -0.4 is 11.1 Å². The van der Waals surface area contributed by atoms with Gasteiger partial charge in [0.2, 0.25) is 0 Å². The van der Waals surface area contributed by atoms with E-state index in [9.17, 15) is 9.18 Å². The Kier molecular flexibility index (Phi) is 4.75. The summed E-state index contributed by atoms with van der Waals surface area (Å²) in [6.07, 6.45) is 3.34. The Balaban J connectivity index is 2.22. The highest BCUT2D eigenvalue weighted by atomic mass is 19.1. The summed E-state index contributed by atoms with van der Waals surface area (Å²) in [5, 5.41) is 2.66. The number of hydrogen-bond donors (Lipinski definition) is 2. The molecule has 0 heterocycles. The van der Waals surface area contributed by atoms with Gasteiger partial charge in [0.15, 0.2) is 0 Å². The van der Waals surface area contributed by atoms with Crippen LogP contribution in [0.5, 0.6) is 0 Å². The standard InChI is InChI=1S/C17H25FN2O2/c1-16(2,3)22-15(21)20-12-6-7-14(18)13(10-12)17(11-19)8-4-5-9-17/h6-7,10H,4-5,8-9,11,19H2,1-3H3,(H,20,21). The highest BCUT2D eigenvalue weighted by Crippen LogP contribution is 2.42. The molecule has 0 bridgehead atoms. The van der Waals surface area contributed by atoms with E-state index >= 15 is 0 Å². The molecular weight excluding hydrogens is 283 g/mol. The molecular formula is C17H25FN2O2. The van der Waals surface area contributed by atoms with Crippen LogP contribution in [0.3, 0.4) is 0 Å². The Morgan fingerprint density at radius 3 is 2.55 bits per heavy atom. The molecule has 1 saturated carbocycles. The zero-order valence-electron chi connectivity index (χ0n) is 13.5. The van der Waals surface area contributed by atoms with Crippen molar-refractivity contribution in [3.63, 3.8) is 0 Å². The molecule has 1 aromatic rings. The SMILES string of the molecule is CC(C)(C)OC(=O)Nc1ccc(F)c(C2(CN)CCCC2)c1. The average Bonchev–Trinajstić information content (AvgIpc) is 2.88. The maximum Gasteiger partial charge on any atom is 0.412 e. The van der Waals surface area contributed by atoms with Crippen LogP contribution in [0.25, 0.3) is 0 Å². The number of anilines is 1. The van der Waals surface area contributed by atoms with Crippen LogP contribution in [0.1, 0.15) is 52.0 Å². The fraction of sp³-hybridized carbons (Fsp3) is 0.588. The zero-order chi connectivity index (χ0) is 16.4. The van der Waals surface area contributed by atoms with Crippen molar-refractivity contribution in [2.45, 2.75) is 57.5 Å². The summed E-state index contributed by atoms with van der Waals surface area (Å²) in [6.45, 7) is 5.81. The van der Waals surface area contributed by atoms with Gasteiger partial charge in [0, 0.05) is 17.6 Å². The second-order valence-electron chi connectivity index (χ2n) is 7.01. The van der Waals surface area contributed by atoms with Crippen LogP contribution in [0, 0.1) is 5.82 Å². The molecule has 5 heteroatoms. The molecule has 0 aromatic heterocycles. The topological polar surface area (TPSA) is 64.3 Å². The largest absolute Gasteiger partial charge is 0.444 e. The van der Waals surface area contributed by atoms with E-state index in [2.05, 4.69) is 5.32 Å². The molecule has 1 aliphatic rings. The summed E-state index contributed by atoms with van der Waals surface area (Å²) in [5.41, 5.74) is 6.17. The van der Waals surface area contributed by atoms with Crippen LogP contribution in [0.15, 0.2) is 18.2 Å². The lowest BCUT2D eigenvalue weighted by atomic mass is 9.78. The molecule has 0 saturated heterocycles. The van der Waals surface area contributed by atoms with Crippen molar-refractivity contribution in [1.82, 2.24) is 0 Å². The van der Waals surface area contributed by atoms with Gasteiger partial charge in [-0.05, 0) is 57.4 Å². The Bertz CT molecular complexity index is 546. The van der Waals surface area contributed by atoms with Gasteiger partial charge in [-0.15, -0.1) is 0 Å². The Morgan fingerprint density at radius 1 is 1.36 bits per heavy atom. The first kappa shape index (κ1) is 16.7. The number of carbonyl (C=O) groups is 1. The number of nitrogens with two attached hydrogens (primary N) is 1. The van der Waals surface area contributed by atoms with Crippen molar-refractivity contribution >= 4 is 11.8 Å². The molecule has 0 radical (unpaired) electrons. The molecule has 122 valence electrons. The minimum absolute atomic E-state index is 0.262. The number of nitrogens with one attached hydrogen (secondary N) is 1. The normalized spacial score (nSPS) is 17.3. The lowest BCUT2D eigenvalue weighted by molar-refractivity contribution is 0.0636. The third-order valence-corrected chi connectivity index (χ3v) is 4.13. The summed E-state index contributed by atoms with van der Waals surface area (Å²) in [7, 11) is 0. The van der Waals surface area contributed by atoms with E-state index in [0.717, 1.165) is 25.7 Å². The summed E-state index contributed by atoms with van der Waals surface area (Å²) in [6, 6.07) is 4.62. The smallest absolute Gasteiger partial charge is 0.412 e. The molecule has 1 aromatic carbocycles. The van der Waals surface area contributed by atoms with E-state index in [1.807, 2.05) is 0 Å². The highest BCUT2D eigenvalue weighted by Gasteiger charge is 2.36. The average molecular weight is 308 g/mol. The lowest BCUT2D eigenvalue weighted by Gasteiger charge is -2.29. The summed E-state index contributed by atoms with van der Waals surface area (Å²) in [4.78, 5) is 11.8. The predicted octanol–water partition coefficient (Wildman–Crippen LogP) is 3.94. The summed E-state index contributed by atoms with van der Waals surface area (Å²) < 4.78 is 19.5. The quantitative estimate of drug-likeness (QED) is 0.889. The van der Waals surface area contributed by atoms with Gasteiger partial charge in [-0.2, -0.15) is 0 Å². The summed E-state index contributed by atoms with van der Waals surface area (Å²) >= 11 is 0. The molecule has 2 rings (SSSR count). The van der Waals surface area contributed by atoms with Crippen LogP contribution >= 0.6 is 0 Å². The minimum atomic E-state index is -0.573. The van der Waals surface area contributed by atoms with Crippen molar-refractivity contribution in [2.24, 2.45) is 5.73 Å². The van der Waals surface area contributed by atoms with Gasteiger partial charge in [0.05, 0.1) is 0 Å². The molecule has 0 unspecified atom stereocenters. The minimum Gasteiger partial charge on any atom is -0.444 e. The molecule has 1 aliphatic carbocycles. The molecule has 22 heavy (non-hydrogen) atoms. The second kappa shape index (κ2) is 6.24. The predicted molar refractivity (Wildman–Crippen MR) is 85.5 cm³/mol. The molecule has 1 amide bonds. The first-order valence-electron chi connectivity index (χ1n) is 7.76. The van der Waals surface area contributed by atoms with Crippen molar-refractivity contribution in [3.8, 4) is 0 Å². The van der Waals surface area contributed by atoms with Crippen molar-refractivity contribution in [1.29, 1.82) is 0 Å². The van der Waals surface area contributed by atoms with E-state index in [1.54, 1.807) is 32.9 Å². The van der Waals surface area contributed by atoms with Crippen molar-refractivity contribution in [3.05, 3.63) is 29.6 Å². The van der Waals surface area contributed by atoms with Gasteiger partial charge >= 0.3 is 6.09 Å². The lowest BCUT2D eigenvalue weighted by Crippen LogP contribution is -2.33. The van der Waals surface area contributed by atoms with E-state index in [0.29, 0.717) is 17.8 Å². The van der Waals surface area contributed by atoms with Crippen LogP contribution in [-0.2, 0) is 10.2 Å². The Hall–Kier alpha value is -1.62. The number of carbonyl (C=O) groups excluding carboxylic acids is 1. The fourth-order valence-electron chi connectivity index (χ4n) is 3.07. The van der Waals surface area contributed by atoms with Gasteiger partial charge in [-0.3, -0.25) is 5.32 Å². The maximum absolute atomic E-state index is 14.3. The van der Waals surface area contributed by atoms with E-state index in [4.69, 9.17) is 10.5 Å². The maximum atomic E-state index is 14.3. The van der Waals surface area contributed by atoms with Crippen LogP contribution in [0.4, 0.5) is 14.9 Å². The molecule has 3 N–H and O–H groups in total. The van der Waals surface area contributed by atoms with Gasteiger partial charge in [-0.1, -0.05) is 12.8 Å². The first-order valence-corrected chi connectivity index (χ1v) is 7.76. The highest BCUT2D eigenvalue weighted by molar-refractivity contribution is 5.85. The zero-order valence-corrected chi connectivity index (χ0v) is 13.5. The van der Waals surface area contributed by atoms with Crippen LogP contribution in [-0.4, -0.2) is 18.2 Å². The fourth-order valence-corrected chi connectivity index (χ4v) is 3.07. The van der Waals surface area contributed by atoms with Crippen LogP contribution in [0.2, 0.25) is 0 Å². The Morgan fingerprint density at radius 2 is 2.00 bits per heavy atom. The third-order valence-electron chi connectivity index (χ3n) is 4.13. The van der Waals surface area contributed by atoms with Crippen molar-refractivity contribution < 1.29 is 13.9 Å². The van der Waals surface area contributed by atoms with Gasteiger partial charge in [-0.25, -0.2) is 9.18 Å². The molecule has 4 nitrogen and oxygen atoms in total.